The van der Waals surface area contributed by atoms with Crippen LogP contribution >= 0.6 is 0 Å². The van der Waals surface area contributed by atoms with Crippen LogP contribution in [0.1, 0.15) is 6.92 Å². The number of aliphatic hydroxyl groups is 2. The molecule has 0 aliphatic rings. The molecule has 1 atom stereocenters. The fourth-order valence-electron chi connectivity index (χ4n) is 0.489. The molecule has 0 radical (unpaired) electrons. The van der Waals surface area contributed by atoms with Gasteiger partial charge in [-0.05, 0) is 6.92 Å². The maximum Gasteiger partial charge on any atom is 0.151 e. The second kappa shape index (κ2) is 15.2. The van der Waals surface area contributed by atoms with Crippen LogP contribution in [0.2, 0.25) is 0 Å². The molecule has 0 rings (SSSR count). The van der Waals surface area contributed by atoms with E-state index >= 15 is 0 Å². The van der Waals surface area contributed by atoms with E-state index in [4.69, 9.17) is 26.4 Å². The van der Waals surface area contributed by atoms with Crippen molar-refractivity contribution >= 4 is 0 Å². The molecular formula is C8H22N2O4. The van der Waals surface area contributed by atoms with Crippen LogP contribution in [0.25, 0.3) is 0 Å². The molecule has 0 spiro atoms. The maximum atomic E-state index is 8.41. The Morgan fingerprint density at radius 2 is 1.71 bits per heavy atom. The molecule has 0 aliphatic heterocycles. The van der Waals surface area contributed by atoms with E-state index < -0.39 is 6.29 Å². The van der Waals surface area contributed by atoms with Gasteiger partial charge in [0.2, 0.25) is 0 Å². The number of hydrogen-bond donors (Lipinski definition) is 4. The number of nitrogens with two attached hydrogens (primary N) is 2. The standard InChI is InChI=1S/2C4H11NO2/c1-4(6)7-3-2-5;5-1-3-7-4-2-6/h4,6H,2-3,5H2,1H3;6H,1-5H2. The van der Waals surface area contributed by atoms with Gasteiger partial charge in [0.1, 0.15) is 0 Å². The summed E-state index contributed by atoms with van der Waals surface area (Å²) in [5, 5.41) is 16.5. The number of aliphatic hydroxyl groups excluding tert-OH is 2. The fraction of sp³-hybridized carbons (Fsp3) is 1.00. The molecule has 0 aromatic rings. The van der Waals surface area contributed by atoms with Crippen LogP contribution in [0.15, 0.2) is 0 Å². The summed E-state index contributed by atoms with van der Waals surface area (Å²) < 4.78 is 9.38. The molecule has 6 nitrogen and oxygen atoms in total. The monoisotopic (exact) mass is 210 g/mol. The van der Waals surface area contributed by atoms with Gasteiger partial charge in [0.05, 0.1) is 26.4 Å². The lowest BCUT2D eigenvalue weighted by Crippen LogP contribution is -2.14. The quantitative estimate of drug-likeness (QED) is 0.293. The average Bonchev–Trinajstić information content (AvgIpc) is 2.16. The molecule has 0 bridgehead atoms. The largest absolute Gasteiger partial charge is 0.394 e. The summed E-state index contributed by atoms with van der Waals surface area (Å²) in [6, 6.07) is 0. The third-order valence-electron chi connectivity index (χ3n) is 0.975. The SMILES string of the molecule is CC(O)OCCN.NCCOCCO. The molecule has 88 valence electrons. The molecule has 14 heavy (non-hydrogen) atoms. The first kappa shape index (κ1) is 16.2. The van der Waals surface area contributed by atoms with Crippen molar-refractivity contribution in [1.82, 2.24) is 0 Å². The van der Waals surface area contributed by atoms with E-state index in [2.05, 4.69) is 4.74 Å². The molecule has 0 amide bonds. The van der Waals surface area contributed by atoms with E-state index in [0.29, 0.717) is 32.9 Å². The van der Waals surface area contributed by atoms with Gasteiger partial charge in [0, 0.05) is 13.1 Å². The average molecular weight is 210 g/mol. The maximum absolute atomic E-state index is 8.41. The molecule has 6 N–H and O–H groups in total. The van der Waals surface area contributed by atoms with Crippen molar-refractivity contribution in [3.63, 3.8) is 0 Å². The summed E-state index contributed by atoms with van der Waals surface area (Å²) in [5.41, 5.74) is 10.1. The third kappa shape index (κ3) is 22.6. The summed E-state index contributed by atoms with van der Waals surface area (Å²) >= 11 is 0. The van der Waals surface area contributed by atoms with Gasteiger partial charge in [-0.3, -0.25) is 0 Å². The highest BCUT2D eigenvalue weighted by molar-refractivity contribution is 4.29. The van der Waals surface area contributed by atoms with E-state index in [1.807, 2.05) is 0 Å². The summed E-state index contributed by atoms with van der Waals surface area (Å²) in [6.07, 6.45) is -0.677. The Balaban J connectivity index is 0. The molecule has 0 aliphatic carbocycles. The minimum absolute atomic E-state index is 0.0833. The highest BCUT2D eigenvalue weighted by Crippen LogP contribution is 1.78. The second-order valence-corrected chi connectivity index (χ2v) is 2.38. The summed E-state index contributed by atoms with van der Waals surface area (Å²) in [7, 11) is 0. The Bertz CT molecular complexity index is 89.4. The van der Waals surface area contributed by atoms with Crippen molar-refractivity contribution in [2.75, 3.05) is 39.5 Å². The summed E-state index contributed by atoms with van der Waals surface area (Å²) in [6.45, 7) is 4.00. The van der Waals surface area contributed by atoms with Crippen LogP contribution in [0.3, 0.4) is 0 Å². The molecule has 0 aromatic heterocycles. The zero-order valence-corrected chi connectivity index (χ0v) is 8.69. The van der Waals surface area contributed by atoms with Crippen molar-refractivity contribution in [2.45, 2.75) is 13.2 Å². The summed E-state index contributed by atoms with van der Waals surface area (Å²) in [5.74, 6) is 0. The zero-order chi connectivity index (χ0) is 11.2. The Morgan fingerprint density at radius 3 is 2.00 bits per heavy atom. The molecule has 0 saturated heterocycles. The number of rotatable bonds is 7. The van der Waals surface area contributed by atoms with Crippen LogP contribution in [0.5, 0.6) is 0 Å². The fourth-order valence-corrected chi connectivity index (χ4v) is 0.489. The molecule has 0 fully saturated rings. The van der Waals surface area contributed by atoms with E-state index in [9.17, 15) is 0 Å². The van der Waals surface area contributed by atoms with Gasteiger partial charge in [0.25, 0.3) is 0 Å². The van der Waals surface area contributed by atoms with Crippen molar-refractivity contribution < 1.29 is 19.7 Å². The van der Waals surface area contributed by atoms with E-state index in [1.165, 1.54) is 0 Å². The van der Waals surface area contributed by atoms with Gasteiger partial charge in [-0.2, -0.15) is 0 Å². The van der Waals surface area contributed by atoms with Gasteiger partial charge in [-0.1, -0.05) is 0 Å². The highest BCUT2D eigenvalue weighted by Gasteiger charge is 1.88. The Hall–Kier alpha value is -0.240. The lowest BCUT2D eigenvalue weighted by atomic mass is 10.7. The predicted molar refractivity (Wildman–Crippen MR) is 53.6 cm³/mol. The van der Waals surface area contributed by atoms with E-state index in [0.717, 1.165) is 0 Å². The third-order valence-corrected chi connectivity index (χ3v) is 0.975. The normalized spacial score (nSPS) is 11.8. The van der Waals surface area contributed by atoms with Crippen molar-refractivity contribution in [3.05, 3.63) is 0 Å². The molecule has 0 saturated carbocycles. The van der Waals surface area contributed by atoms with Crippen LogP contribution in [0, 0.1) is 0 Å². The van der Waals surface area contributed by atoms with Crippen molar-refractivity contribution in [3.8, 4) is 0 Å². The first-order chi connectivity index (χ1) is 6.68. The molecular weight excluding hydrogens is 188 g/mol. The topological polar surface area (TPSA) is 111 Å². The minimum atomic E-state index is -0.677. The second-order valence-electron chi connectivity index (χ2n) is 2.38. The minimum Gasteiger partial charge on any atom is -0.394 e. The Kier molecular flexibility index (Phi) is 17.6. The van der Waals surface area contributed by atoms with E-state index in [-0.39, 0.29) is 6.61 Å². The number of ether oxygens (including phenoxy) is 2. The van der Waals surface area contributed by atoms with Crippen LogP contribution in [-0.2, 0) is 9.47 Å². The molecule has 0 heterocycles. The highest BCUT2D eigenvalue weighted by atomic mass is 16.6. The zero-order valence-electron chi connectivity index (χ0n) is 8.69. The lowest BCUT2D eigenvalue weighted by Gasteiger charge is -2.02. The van der Waals surface area contributed by atoms with E-state index in [1.54, 1.807) is 6.92 Å². The molecule has 0 aromatic carbocycles. The van der Waals surface area contributed by atoms with Crippen molar-refractivity contribution in [2.24, 2.45) is 11.5 Å². The van der Waals surface area contributed by atoms with Gasteiger partial charge in [0.15, 0.2) is 6.29 Å². The Morgan fingerprint density at radius 1 is 1.14 bits per heavy atom. The van der Waals surface area contributed by atoms with Gasteiger partial charge < -0.3 is 31.2 Å². The summed E-state index contributed by atoms with van der Waals surface area (Å²) in [4.78, 5) is 0. The van der Waals surface area contributed by atoms with Crippen LogP contribution in [-0.4, -0.2) is 56.0 Å². The lowest BCUT2D eigenvalue weighted by molar-refractivity contribution is -0.0819. The predicted octanol–water partition coefficient (Wildman–Crippen LogP) is -1.75. The smallest absolute Gasteiger partial charge is 0.151 e. The van der Waals surface area contributed by atoms with Crippen molar-refractivity contribution in [1.29, 1.82) is 0 Å². The first-order valence-corrected chi connectivity index (χ1v) is 4.57. The van der Waals surface area contributed by atoms with Crippen LogP contribution < -0.4 is 11.5 Å². The first-order valence-electron chi connectivity index (χ1n) is 4.57. The Labute approximate surface area is 84.8 Å². The molecule has 6 heteroatoms. The number of hydrogen-bond acceptors (Lipinski definition) is 6. The van der Waals surface area contributed by atoms with Gasteiger partial charge in [-0.15, -0.1) is 0 Å². The van der Waals surface area contributed by atoms with Gasteiger partial charge in [-0.25, -0.2) is 0 Å². The van der Waals surface area contributed by atoms with Crippen LogP contribution in [0.4, 0.5) is 0 Å². The molecule has 1 unspecified atom stereocenters. The van der Waals surface area contributed by atoms with Gasteiger partial charge >= 0.3 is 0 Å².